The van der Waals surface area contributed by atoms with Crippen molar-refractivity contribution >= 4 is 0 Å². The molecule has 0 saturated carbocycles. The highest BCUT2D eigenvalue weighted by Gasteiger charge is 2.20. The van der Waals surface area contributed by atoms with Crippen molar-refractivity contribution in [1.82, 2.24) is 5.32 Å². The van der Waals surface area contributed by atoms with Crippen molar-refractivity contribution in [3.8, 4) is 0 Å². The Morgan fingerprint density at radius 2 is 2.05 bits per heavy atom. The summed E-state index contributed by atoms with van der Waals surface area (Å²) in [6, 6.07) is 6.64. The third-order valence-corrected chi connectivity index (χ3v) is 2.94. The Balaban J connectivity index is 2.34. The Kier molecular flexibility index (Phi) is 4.87. The van der Waals surface area contributed by atoms with Gasteiger partial charge < -0.3 is 14.5 Å². The van der Waals surface area contributed by atoms with Crippen molar-refractivity contribution in [3.63, 3.8) is 0 Å². The average Bonchev–Trinajstić information content (AvgIpc) is 2.86. The summed E-state index contributed by atoms with van der Waals surface area (Å²) in [5, 5.41) is 3.13. The molecule has 5 heteroatoms. The summed E-state index contributed by atoms with van der Waals surface area (Å²) in [6.07, 6.45) is 0. The normalized spacial score (nSPS) is 12.6. The zero-order valence-electron chi connectivity index (χ0n) is 11.5. The second kappa shape index (κ2) is 6.63. The van der Waals surface area contributed by atoms with Crippen LogP contribution in [-0.4, -0.2) is 13.7 Å². The SMILES string of the molecule is CCNC(c1ccc(COC)o1)c1ccc(F)cc1F. The lowest BCUT2D eigenvalue weighted by atomic mass is 10.0. The number of benzene rings is 1. The number of hydrogen-bond acceptors (Lipinski definition) is 3. The minimum Gasteiger partial charge on any atom is -0.462 e. The van der Waals surface area contributed by atoms with Gasteiger partial charge in [-0.15, -0.1) is 0 Å². The summed E-state index contributed by atoms with van der Waals surface area (Å²) in [4.78, 5) is 0. The highest BCUT2D eigenvalue weighted by Crippen LogP contribution is 2.26. The number of methoxy groups -OCH3 is 1. The van der Waals surface area contributed by atoms with Gasteiger partial charge in [-0.1, -0.05) is 13.0 Å². The first-order chi connectivity index (χ1) is 9.65. The van der Waals surface area contributed by atoms with Crippen molar-refractivity contribution in [2.45, 2.75) is 19.6 Å². The Hall–Kier alpha value is -1.72. The molecule has 0 spiro atoms. The van der Waals surface area contributed by atoms with E-state index in [1.807, 2.05) is 6.92 Å². The number of ether oxygens (including phenoxy) is 1. The minimum atomic E-state index is -0.597. The molecule has 2 rings (SSSR count). The van der Waals surface area contributed by atoms with E-state index in [1.54, 1.807) is 19.2 Å². The third kappa shape index (κ3) is 3.23. The van der Waals surface area contributed by atoms with Crippen molar-refractivity contribution in [3.05, 3.63) is 59.1 Å². The fourth-order valence-electron chi connectivity index (χ4n) is 2.07. The second-order valence-corrected chi connectivity index (χ2v) is 4.39. The maximum Gasteiger partial charge on any atom is 0.131 e. The molecule has 0 amide bonds. The Labute approximate surface area is 116 Å². The smallest absolute Gasteiger partial charge is 0.131 e. The Morgan fingerprint density at radius 3 is 2.70 bits per heavy atom. The van der Waals surface area contributed by atoms with Gasteiger partial charge in [-0.05, 0) is 24.7 Å². The number of halogens is 2. The molecule has 0 aliphatic rings. The predicted molar refractivity (Wildman–Crippen MR) is 71.3 cm³/mol. The molecule has 1 aromatic carbocycles. The van der Waals surface area contributed by atoms with Crippen LogP contribution in [-0.2, 0) is 11.3 Å². The fraction of sp³-hybridized carbons (Fsp3) is 0.333. The fourth-order valence-corrected chi connectivity index (χ4v) is 2.07. The van der Waals surface area contributed by atoms with E-state index in [0.29, 0.717) is 30.2 Å². The third-order valence-electron chi connectivity index (χ3n) is 2.94. The molecule has 0 fully saturated rings. The molecule has 2 aromatic rings. The molecule has 1 atom stereocenters. The topological polar surface area (TPSA) is 34.4 Å². The minimum absolute atomic E-state index is 0.352. The van der Waals surface area contributed by atoms with E-state index in [4.69, 9.17) is 9.15 Å². The van der Waals surface area contributed by atoms with Crippen LogP contribution < -0.4 is 5.32 Å². The van der Waals surface area contributed by atoms with E-state index in [9.17, 15) is 8.78 Å². The standard InChI is InChI=1S/C15H17F2NO2/c1-3-18-15(12-6-4-10(16)8-13(12)17)14-7-5-11(20-14)9-19-2/h4-8,15,18H,3,9H2,1-2H3. The number of nitrogens with one attached hydrogen (secondary N) is 1. The van der Waals surface area contributed by atoms with Crippen molar-refractivity contribution < 1.29 is 17.9 Å². The first-order valence-corrected chi connectivity index (χ1v) is 6.41. The van der Waals surface area contributed by atoms with Crippen LogP contribution in [0.2, 0.25) is 0 Å². The lowest BCUT2D eigenvalue weighted by Crippen LogP contribution is -2.22. The summed E-state index contributed by atoms with van der Waals surface area (Å²) < 4.78 is 37.5. The van der Waals surface area contributed by atoms with Gasteiger partial charge in [0.2, 0.25) is 0 Å². The molecule has 1 unspecified atom stereocenters. The zero-order chi connectivity index (χ0) is 14.5. The largest absolute Gasteiger partial charge is 0.462 e. The summed E-state index contributed by atoms with van der Waals surface area (Å²) in [6.45, 7) is 2.89. The summed E-state index contributed by atoms with van der Waals surface area (Å²) in [5.41, 5.74) is 0.353. The van der Waals surface area contributed by atoms with Crippen LogP contribution in [0, 0.1) is 11.6 Å². The maximum atomic E-state index is 13.9. The van der Waals surface area contributed by atoms with Gasteiger partial charge in [-0.25, -0.2) is 8.78 Å². The molecule has 0 radical (unpaired) electrons. The number of furan rings is 1. The van der Waals surface area contributed by atoms with Gasteiger partial charge in [0, 0.05) is 18.7 Å². The molecular formula is C15H17F2NO2. The molecule has 0 bridgehead atoms. The summed E-state index contributed by atoms with van der Waals surface area (Å²) in [7, 11) is 1.57. The highest BCUT2D eigenvalue weighted by atomic mass is 19.1. The average molecular weight is 281 g/mol. The van der Waals surface area contributed by atoms with Gasteiger partial charge in [0.25, 0.3) is 0 Å². The molecular weight excluding hydrogens is 264 g/mol. The lowest BCUT2D eigenvalue weighted by molar-refractivity contribution is 0.162. The van der Waals surface area contributed by atoms with Crippen LogP contribution in [0.1, 0.15) is 30.0 Å². The molecule has 1 heterocycles. The van der Waals surface area contributed by atoms with Gasteiger partial charge in [-0.3, -0.25) is 0 Å². The molecule has 1 N–H and O–H groups in total. The van der Waals surface area contributed by atoms with Crippen LogP contribution in [0.5, 0.6) is 0 Å². The molecule has 3 nitrogen and oxygen atoms in total. The maximum absolute atomic E-state index is 13.9. The predicted octanol–water partition coefficient (Wildman–Crippen LogP) is 3.40. The molecule has 20 heavy (non-hydrogen) atoms. The van der Waals surface area contributed by atoms with Gasteiger partial charge in [0.15, 0.2) is 0 Å². The second-order valence-electron chi connectivity index (χ2n) is 4.39. The Morgan fingerprint density at radius 1 is 1.25 bits per heavy atom. The van der Waals surface area contributed by atoms with Crippen molar-refractivity contribution in [2.75, 3.05) is 13.7 Å². The van der Waals surface area contributed by atoms with E-state index in [0.717, 1.165) is 6.07 Å². The molecule has 1 aromatic heterocycles. The van der Waals surface area contributed by atoms with E-state index < -0.39 is 17.7 Å². The molecule has 0 saturated heterocycles. The van der Waals surface area contributed by atoms with Gasteiger partial charge in [0.05, 0.1) is 6.04 Å². The lowest BCUT2D eigenvalue weighted by Gasteiger charge is -2.16. The van der Waals surface area contributed by atoms with Crippen LogP contribution in [0.3, 0.4) is 0 Å². The van der Waals surface area contributed by atoms with E-state index >= 15 is 0 Å². The zero-order valence-corrected chi connectivity index (χ0v) is 11.5. The molecule has 108 valence electrons. The van der Waals surface area contributed by atoms with Crippen molar-refractivity contribution in [2.24, 2.45) is 0 Å². The van der Waals surface area contributed by atoms with E-state index in [2.05, 4.69) is 5.32 Å². The van der Waals surface area contributed by atoms with Crippen LogP contribution in [0.25, 0.3) is 0 Å². The molecule has 0 aliphatic heterocycles. The van der Waals surface area contributed by atoms with Gasteiger partial charge in [-0.2, -0.15) is 0 Å². The van der Waals surface area contributed by atoms with Crippen LogP contribution >= 0.6 is 0 Å². The first-order valence-electron chi connectivity index (χ1n) is 6.41. The van der Waals surface area contributed by atoms with E-state index in [1.165, 1.54) is 12.1 Å². The first kappa shape index (κ1) is 14.7. The number of hydrogen-bond donors (Lipinski definition) is 1. The molecule has 0 aliphatic carbocycles. The van der Waals surface area contributed by atoms with Crippen LogP contribution in [0.4, 0.5) is 8.78 Å². The highest BCUT2D eigenvalue weighted by molar-refractivity contribution is 5.29. The van der Waals surface area contributed by atoms with Gasteiger partial charge in [0.1, 0.15) is 29.8 Å². The monoisotopic (exact) mass is 281 g/mol. The summed E-state index contributed by atoms with van der Waals surface area (Å²) >= 11 is 0. The summed E-state index contributed by atoms with van der Waals surface area (Å²) in [5.74, 6) is 0.0407. The van der Waals surface area contributed by atoms with Crippen molar-refractivity contribution in [1.29, 1.82) is 0 Å². The Bertz CT molecular complexity index is 569. The number of rotatable bonds is 6. The quantitative estimate of drug-likeness (QED) is 0.881. The van der Waals surface area contributed by atoms with Crippen LogP contribution in [0.15, 0.2) is 34.7 Å². The van der Waals surface area contributed by atoms with E-state index in [-0.39, 0.29) is 0 Å². The van der Waals surface area contributed by atoms with Gasteiger partial charge >= 0.3 is 0 Å².